The van der Waals surface area contributed by atoms with Crippen LogP contribution < -0.4 is 0 Å². The lowest BCUT2D eigenvalue weighted by atomic mass is 9.83. The van der Waals surface area contributed by atoms with E-state index in [0.717, 1.165) is 17.7 Å². The van der Waals surface area contributed by atoms with Gasteiger partial charge in [-0.05, 0) is 42.7 Å². The molecular formula is C22H20F6N2. The van der Waals surface area contributed by atoms with Gasteiger partial charge in [0.25, 0.3) is 0 Å². The Morgan fingerprint density at radius 2 is 1.20 bits per heavy atom. The zero-order valence-electron chi connectivity index (χ0n) is 16.3. The van der Waals surface area contributed by atoms with E-state index in [1.54, 1.807) is 71.9 Å². The summed E-state index contributed by atoms with van der Waals surface area (Å²) in [5.41, 5.74) is -2.83. The number of rotatable bonds is 4. The van der Waals surface area contributed by atoms with Gasteiger partial charge in [0, 0.05) is 31.8 Å². The topological polar surface area (TPSA) is 6.48 Å². The monoisotopic (exact) mass is 426 g/mol. The summed E-state index contributed by atoms with van der Waals surface area (Å²) in [6, 6.07) is 10.7. The Morgan fingerprint density at radius 1 is 0.700 bits per heavy atom. The lowest BCUT2D eigenvalue weighted by Gasteiger charge is -2.41. The predicted octanol–water partition coefficient (Wildman–Crippen LogP) is 6.37. The fourth-order valence-corrected chi connectivity index (χ4v) is 3.44. The number of alkyl halides is 6. The standard InChI is InChI=1S/C22H20F6N2/c1-20(17-6-4-3-5-7-17,30-10-8-29(2)9-11-30)15-16-12-18(21(23,24)25)14-19(13-16)22(26,27)28/h3-14H,15H2,1-2H3. The van der Waals surface area contributed by atoms with Crippen molar-refractivity contribution in [3.8, 4) is 0 Å². The predicted molar refractivity (Wildman–Crippen MR) is 102 cm³/mol. The van der Waals surface area contributed by atoms with Crippen molar-refractivity contribution in [2.75, 3.05) is 7.05 Å². The zero-order valence-corrected chi connectivity index (χ0v) is 16.3. The van der Waals surface area contributed by atoms with Crippen LogP contribution in [0.1, 0.15) is 29.2 Å². The van der Waals surface area contributed by atoms with E-state index in [0.29, 0.717) is 0 Å². The molecule has 1 aliphatic rings. The first kappa shape index (κ1) is 21.8. The molecular weight excluding hydrogens is 406 g/mol. The largest absolute Gasteiger partial charge is 0.416 e. The van der Waals surface area contributed by atoms with E-state index in [1.807, 2.05) is 7.05 Å². The maximum absolute atomic E-state index is 13.3. The van der Waals surface area contributed by atoms with Gasteiger partial charge >= 0.3 is 12.4 Å². The lowest BCUT2D eigenvalue weighted by molar-refractivity contribution is -0.143. The zero-order chi connectivity index (χ0) is 22.2. The minimum absolute atomic E-state index is 0.0516. The molecule has 2 nitrogen and oxygen atoms in total. The molecule has 0 fully saturated rings. The van der Waals surface area contributed by atoms with Crippen molar-refractivity contribution in [3.63, 3.8) is 0 Å². The fourth-order valence-electron chi connectivity index (χ4n) is 3.44. The summed E-state index contributed by atoms with van der Waals surface area (Å²) >= 11 is 0. The highest BCUT2D eigenvalue weighted by Crippen LogP contribution is 2.39. The molecule has 30 heavy (non-hydrogen) atoms. The van der Waals surface area contributed by atoms with E-state index < -0.39 is 29.0 Å². The third kappa shape index (κ3) is 4.63. The Labute approximate surface area is 170 Å². The average molecular weight is 426 g/mol. The molecule has 160 valence electrons. The van der Waals surface area contributed by atoms with Gasteiger partial charge in [-0.1, -0.05) is 30.3 Å². The molecule has 0 aliphatic carbocycles. The summed E-state index contributed by atoms with van der Waals surface area (Å²) in [6.45, 7) is 1.79. The van der Waals surface area contributed by atoms with Gasteiger partial charge in [-0.15, -0.1) is 0 Å². The summed E-state index contributed by atoms with van der Waals surface area (Å²) < 4.78 is 79.7. The first-order valence-electron chi connectivity index (χ1n) is 9.10. The maximum Gasteiger partial charge on any atom is 0.416 e. The van der Waals surface area contributed by atoms with Gasteiger partial charge < -0.3 is 9.80 Å². The molecule has 2 aromatic rings. The molecule has 1 unspecified atom stereocenters. The molecule has 1 aliphatic heterocycles. The van der Waals surface area contributed by atoms with Crippen LogP contribution in [-0.4, -0.2) is 16.8 Å². The summed E-state index contributed by atoms with van der Waals surface area (Å²) in [5.74, 6) is 0. The van der Waals surface area contributed by atoms with Gasteiger partial charge in [0.05, 0.1) is 16.7 Å². The third-order valence-corrected chi connectivity index (χ3v) is 5.09. The van der Waals surface area contributed by atoms with E-state index in [-0.39, 0.29) is 18.1 Å². The van der Waals surface area contributed by atoms with E-state index in [9.17, 15) is 26.3 Å². The Morgan fingerprint density at radius 3 is 1.67 bits per heavy atom. The van der Waals surface area contributed by atoms with Crippen LogP contribution in [0.25, 0.3) is 0 Å². The van der Waals surface area contributed by atoms with Crippen molar-refractivity contribution in [2.24, 2.45) is 0 Å². The Kier molecular flexibility index (Phi) is 5.62. The Balaban J connectivity index is 2.11. The third-order valence-electron chi connectivity index (χ3n) is 5.09. The average Bonchev–Trinajstić information content (AvgIpc) is 2.67. The summed E-state index contributed by atoms with van der Waals surface area (Å²) in [5, 5.41) is 0. The van der Waals surface area contributed by atoms with Crippen LogP contribution in [-0.2, 0) is 24.3 Å². The Hall–Kier alpha value is -2.90. The second-order valence-corrected chi connectivity index (χ2v) is 7.40. The van der Waals surface area contributed by atoms with Crippen LogP contribution in [0.4, 0.5) is 26.3 Å². The van der Waals surface area contributed by atoms with Gasteiger partial charge in [-0.2, -0.15) is 26.3 Å². The molecule has 0 spiro atoms. The van der Waals surface area contributed by atoms with Crippen molar-refractivity contribution in [2.45, 2.75) is 31.2 Å². The highest BCUT2D eigenvalue weighted by molar-refractivity contribution is 5.37. The SMILES string of the molecule is CN1C=CN(C(C)(Cc2cc(C(F)(F)F)cc(C(F)(F)F)c2)c2ccccc2)C=C1. The molecule has 8 heteroatoms. The summed E-state index contributed by atoms with van der Waals surface area (Å²) in [7, 11) is 1.81. The van der Waals surface area contributed by atoms with Gasteiger partial charge in [0.1, 0.15) is 0 Å². The number of nitrogens with zero attached hydrogens (tertiary/aromatic N) is 2. The molecule has 0 aromatic heterocycles. The van der Waals surface area contributed by atoms with Crippen molar-refractivity contribution in [1.82, 2.24) is 9.80 Å². The normalized spacial score (nSPS) is 16.7. The number of benzene rings is 2. The van der Waals surface area contributed by atoms with Crippen LogP contribution in [0, 0.1) is 0 Å². The van der Waals surface area contributed by atoms with E-state index in [4.69, 9.17) is 0 Å². The molecule has 0 N–H and O–H groups in total. The van der Waals surface area contributed by atoms with Crippen LogP contribution in [0.5, 0.6) is 0 Å². The molecule has 0 radical (unpaired) electrons. The molecule has 1 heterocycles. The summed E-state index contributed by atoms with van der Waals surface area (Å²) in [6.07, 6.45) is -2.83. The van der Waals surface area contributed by atoms with Crippen LogP contribution in [0.3, 0.4) is 0 Å². The van der Waals surface area contributed by atoms with Crippen molar-refractivity contribution in [1.29, 1.82) is 0 Å². The smallest absolute Gasteiger partial charge is 0.354 e. The molecule has 0 amide bonds. The van der Waals surface area contributed by atoms with Crippen molar-refractivity contribution < 1.29 is 26.3 Å². The van der Waals surface area contributed by atoms with Crippen molar-refractivity contribution >= 4 is 0 Å². The number of halogens is 6. The highest BCUT2D eigenvalue weighted by atomic mass is 19.4. The first-order chi connectivity index (χ1) is 13.9. The lowest BCUT2D eigenvalue weighted by Crippen LogP contribution is -2.40. The van der Waals surface area contributed by atoms with E-state index >= 15 is 0 Å². The van der Waals surface area contributed by atoms with Gasteiger partial charge in [0.15, 0.2) is 0 Å². The Bertz CT molecular complexity index is 900. The van der Waals surface area contributed by atoms with Gasteiger partial charge in [-0.25, -0.2) is 0 Å². The van der Waals surface area contributed by atoms with E-state index in [1.165, 1.54) is 0 Å². The maximum atomic E-state index is 13.3. The number of hydrogen-bond acceptors (Lipinski definition) is 2. The van der Waals surface area contributed by atoms with Crippen LogP contribution in [0.15, 0.2) is 73.3 Å². The van der Waals surface area contributed by atoms with Crippen LogP contribution in [0.2, 0.25) is 0 Å². The molecule has 3 rings (SSSR count). The minimum atomic E-state index is -4.88. The molecule has 0 bridgehead atoms. The second-order valence-electron chi connectivity index (χ2n) is 7.40. The van der Waals surface area contributed by atoms with Crippen LogP contribution >= 0.6 is 0 Å². The molecule has 0 saturated heterocycles. The van der Waals surface area contributed by atoms with Crippen molar-refractivity contribution in [3.05, 3.63) is 95.6 Å². The minimum Gasteiger partial charge on any atom is -0.354 e. The molecule has 0 saturated carbocycles. The summed E-state index contributed by atoms with van der Waals surface area (Å²) in [4.78, 5) is 3.57. The highest BCUT2D eigenvalue weighted by Gasteiger charge is 2.39. The van der Waals surface area contributed by atoms with Gasteiger partial charge in [0.2, 0.25) is 0 Å². The molecule has 1 atom stereocenters. The second kappa shape index (κ2) is 7.74. The molecule has 2 aromatic carbocycles. The number of hydrogen-bond donors (Lipinski definition) is 0. The quantitative estimate of drug-likeness (QED) is 0.524. The first-order valence-corrected chi connectivity index (χ1v) is 9.10. The fraction of sp³-hybridized carbons (Fsp3) is 0.273. The van der Waals surface area contributed by atoms with E-state index in [2.05, 4.69) is 0 Å². The van der Waals surface area contributed by atoms with Gasteiger partial charge in [-0.3, -0.25) is 0 Å².